The zero-order valence-corrected chi connectivity index (χ0v) is 17.9. The van der Waals surface area contributed by atoms with Crippen molar-refractivity contribution in [3.8, 4) is 0 Å². The number of ether oxygens (including phenoxy) is 2. The number of rotatable bonds is 6. The highest BCUT2D eigenvalue weighted by Gasteiger charge is 2.44. The molecule has 2 aromatic carbocycles. The van der Waals surface area contributed by atoms with E-state index in [4.69, 9.17) is 4.74 Å². The number of hydrogen-bond acceptors (Lipinski definition) is 5. The molecule has 0 spiro atoms. The predicted octanol–water partition coefficient (Wildman–Crippen LogP) is 3.89. The molecule has 164 valence electrons. The molecule has 0 unspecified atom stereocenters. The lowest BCUT2D eigenvalue weighted by molar-refractivity contribution is -0.158. The third-order valence-electron chi connectivity index (χ3n) is 5.52. The van der Waals surface area contributed by atoms with Crippen LogP contribution in [0.1, 0.15) is 35.7 Å². The van der Waals surface area contributed by atoms with Gasteiger partial charge in [0.25, 0.3) is 0 Å². The maximum atomic E-state index is 13.0. The van der Waals surface area contributed by atoms with Crippen LogP contribution in [0.25, 0.3) is 0 Å². The van der Waals surface area contributed by atoms with Crippen LogP contribution >= 0.6 is 0 Å². The summed E-state index contributed by atoms with van der Waals surface area (Å²) in [5.41, 5.74) is 1.23. The fraction of sp³-hybridized carbons (Fsp3) is 0.375. The van der Waals surface area contributed by atoms with Crippen LogP contribution in [0.3, 0.4) is 0 Å². The van der Waals surface area contributed by atoms with E-state index in [2.05, 4.69) is 10.1 Å². The molecule has 1 aliphatic heterocycles. The molecule has 7 heteroatoms. The van der Waals surface area contributed by atoms with Gasteiger partial charge in [0, 0.05) is 18.8 Å². The highest BCUT2D eigenvalue weighted by molar-refractivity contribution is 5.92. The van der Waals surface area contributed by atoms with Gasteiger partial charge in [-0.2, -0.15) is 0 Å². The number of benzene rings is 2. The van der Waals surface area contributed by atoms with Crippen LogP contribution in [-0.4, -0.2) is 49.7 Å². The molecule has 7 nitrogen and oxygen atoms in total. The van der Waals surface area contributed by atoms with E-state index in [-0.39, 0.29) is 18.5 Å². The van der Waals surface area contributed by atoms with Crippen LogP contribution in [0.5, 0.6) is 0 Å². The fourth-order valence-corrected chi connectivity index (χ4v) is 3.97. The van der Waals surface area contributed by atoms with Gasteiger partial charge in [-0.3, -0.25) is 4.79 Å². The Morgan fingerprint density at radius 2 is 1.77 bits per heavy atom. The minimum Gasteiger partial charge on any atom is -0.466 e. The third-order valence-corrected chi connectivity index (χ3v) is 5.52. The molecule has 0 aromatic heterocycles. The number of nitrogens with one attached hydrogen (secondary N) is 1. The molecule has 1 fully saturated rings. The van der Waals surface area contributed by atoms with Gasteiger partial charge in [-0.1, -0.05) is 30.3 Å². The van der Waals surface area contributed by atoms with Crippen molar-refractivity contribution in [3.05, 3.63) is 65.7 Å². The Balaban J connectivity index is 1.74. The molecule has 31 heavy (non-hydrogen) atoms. The molecule has 2 amide bonds. The lowest BCUT2D eigenvalue weighted by Crippen LogP contribution is -2.52. The topological polar surface area (TPSA) is 84.9 Å². The number of anilines is 1. The molecule has 3 rings (SSSR count). The number of piperidine rings is 1. The molecule has 1 saturated heterocycles. The SMILES string of the molecule is CCOC(=O)[C@@]1(Cc2ccccc2)CCCN(C(=O)Nc2ccc(C(=O)OC)cc2)C1. The Labute approximate surface area is 182 Å². The molecular formula is C24H28N2O5. The lowest BCUT2D eigenvalue weighted by Gasteiger charge is -2.41. The summed E-state index contributed by atoms with van der Waals surface area (Å²) in [7, 11) is 1.32. The average Bonchev–Trinajstić information content (AvgIpc) is 2.80. The van der Waals surface area contributed by atoms with Gasteiger partial charge in [0.2, 0.25) is 0 Å². The van der Waals surface area contributed by atoms with Gasteiger partial charge in [-0.15, -0.1) is 0 Å². The molecule has 0 aliphatic carbocycles. The number of nitrogens with zero attached hydrogens (tertiary/aromatic N) is 1. The van der Waals surface area contributed by atoms with Crippen LogP contribution in [0, 0.1) is 5.41 Å². The summed E-state index contributed by atoms with van der Waals surface area (Å²) < 4.78 is 10.1. The minimum atomic E-state index is -0.776. The molecule has 1 N–H and O–H groups in total. The number of hydrogen-bond donors (Lipinski definition) is 1. The van der Waals surface area contributed by atoms with Gasteiger partial charge in [-0.25, -0.2) is 9.59 Å². The van der Waals surface area contributed by atoms with E-state index >= 15 is 0 Å². The second kappa shape index (κ2) is 10.1. The molecule has 1 aliphatic rings. The first-order valence-electron chi connectivity index (χ1n) is 10.4. The van der Waals surface area contributed by atoms with Crippen LogP contribution in [-0.2, 0) is 20.7 Å². The largest absolute Gasteiger partial charge is 0.466 e. The quantitative estimate of drug-likeness (QED) is 0.711. The van der Waals surface area contributed by atoms with Gasteiger partial charge in [0.1, 0.15) is 0 Å². The van der Waals surface area contributed by atoms with E-state index in [9.17, 15) is 14.4 Å². The molecular weight excluding hydrogens is 396 g/mol. The van der Waals surface area contributed by atoms with E-state index in [1.54, 1.807) is 36.1 Å². The van der Waals surface area contributed by atoms with E-state index in [0.717, 1.165) is 5.56 Å². The van der Waals surface area contributed by atoms with Crippen molar-refractivity contribution in [2.45, 2.75) is 26.2 Å². The van der Waals surface area contributed by atoms with E-state index in [1.807, 2.05) is 30.3 Å². The van der Waals surface area contributed by atoms with Crippen molar-refractivity contribution in [1.29, 1.82) is 0 Å². The first-order valence-corrected chi connectivity index (χ1v) is 10.4. The van der Waals surface area contributed by atoms with Crippen molar-refractivity contribution < 1.29 is 23.9 Å². The fourth-order valence-electron chi connectivity index (χ4n) is 3.97. The Kier molecular flexibility index (Phi) is 7.28. The molecule has 0 radical (unpaired) electrons. The number of carbonyl (C=O) groups is 3. The summed E-state index contributed by atoms with van der Waals surface area (Å²) in [4.78, 5) is 39.1. The van der Waals surface area contributed by atoms with Gasteiger partial charge in [0.15, 0.2) is 0 Å². The average molecular weight is 424 g/mol. The summed E-state index contributed by atoms with van der Waals surface area (Å²) in [6.07, 6.45) is 1.89. The van der Waals surface area contributed by atoms with E-state index < -0.39 is 11.4 Å². The first kappa shape index (κ1) is 22.3. The van der Waals surface area contributed by atoms with Crippen LogP contribution in [0.2, 0.25) is 0 Å². The number of carbonyl (C=O) groups excluding carboxylic acids is 3. The first-order chi connectivity index (χ1) is 15.0. The Hall–Kier alpha value is -3.35. The molecule has 2 aromatic rings. The highest BCUT2D eigenvalue weighted by atomic mass is 16.5. The van der Waals surface area contributed by atoms with Crippen molar-refractivity contribution in [2.75, 3.05) is 32.1 Å². The highest BCUT2D eigenvalue weighted by Crippen LogP contribution is 2.35. The second-order valence-electron chi connectivity index (χ2n) is 7.69. The van der Waals surface area contributed by atoms with Crippen LogP contribution in [0.15, 0.2) is 54.6 Å². The Morgan fingerprint density at radius 3 is 2.42 bits per heavy atom. The second-order valence-corrected chi connectivity index (χ2v) is 7.69. The number of likely N-dealkylation sites (tertiary alicyclic amines) is 1. The standard InChI is InChI=1S/C24H28N2O5/c1-3-31-22(28)24(16-18-8-5-4-6-9-18)14-7-15-26(17-24)23(29)25-20-12-10-19(11-13-20)21(27)30-2/h4-6,8-13H,3,7,14-17H2,1-2H3,(H,25,29)/t24-/m1/s1. The van der Waals surface area contributed by atoms with Gasteiger partial charge >= 0.3 is 18.0 Å². The molecule has 1 atom stereocenters. The Bertz CT molecular complexity index is 913. The lowest BCUT2D eigenvalue weighted by atomic mass is 9.75. The maximum Gasteiger partial charge on any atom is 0.337 e. The molecule has 0 saturated carbocycles. The monoisotopic (exact) mass is 424 g/mol. The van der Waals surface area contributed by atoms with Crippen molar-refractivity contribution in [3.63, 3.8) is 0 Å². The van der Waals surface area contributed by atoms with Crippen LogP contribution < -0.4 is 5.32 Å². The zero-order chi connectivity index (χ0) is 22.3. The van der Waals surface area contributed by atoms with Crippen molar-refractivity contribution in [1.82, 2.24) is 4.90 Å². The normalized spacial score (nSPS) is 18.2. The summed E-state index contributed by atoms with van der Waals surface area (Å²) in [6.45, 7) is 2.93. The number of amides is 2. The number of esters is 2. The minimum absolute atomic E-state index is 0.265. The summed E-state index contributed by atoms with van der Waals surface area (Å²) in [6, 6.07) is 16.0. The zero-order valence-electron chi connectivity index (χ0n) is 17.9. The summed E-state index contributed by atoms with van der Waals surface area (Å²) in [5.74, 6) is -0.701. The van der Waals surface area contributed by atoms with Gasteiger partial charge in [0.05, 0.1) is 24.7 Å². The van der Waals surface area contributed by atoms with Gasteiger partial charge in [-0.05, 0) is 56.0 Å². The maximum absolute atomic E-state index is 13.0. The van der Waals surface area contributed by atoms with Crippen LogP contribution in [0.4, 0.5) is 10.5 Å². The van der Waals surface area contributed by atoms with Crippen molar-refractivity contribution in [2.24, 2.45) is 5.41 Å². The number of urea groups is 1. The molecule has 1 heterocycles. The summed E-state index contributed by atoms with van der Waals surface area (Å²) in [5, 5.41) is 2.85. The van der Waals surface area contributed by atoms with Crippen molar-refractivity contribution >= 4 is 23.7 Å². The smallest absolute Gasteiger partial charge is 0.337 e. The van der Waals surface area contributed by atoms with Gasteiger partial charge < -0.3 is 19.7 Å². The van der Waals surface area contributed by atoms with E-state index in [1.165, 1.54) is 7.11 Å². The summed E-state index contributed by atoms with van der Waals surface area (Å²) >= 11 is 0. The number of methoxy groups -OCH3 is 1. The Morgan fingerprint density at radius 1 is 1.06 bits per heavy atom. The molecule has 0 bridgehead atoms. The van der Waals surface area contributed by atoms with E-state index in [0.29, 0.717) is 43.7 Å². The third kappa shape index (κ3) is 5.42. The predicted molar refractivity (Wildman–Crippen MR) is 117 cm³/mol.